The largest absolute Gasteiger partial charge is 0.377 e. The van der Waals surface area contributed by atoms with Crippen LogP contribution in [0, 0.1) is 0 Å². The highest BCUT2D eigenvalue weighted by molar-refractivity contribution is 6.04. The van der Waals surface area contributed by atoms with E-state index in [4.69, 9.17) is 10.6 Å². The van der Waals surface area contributed by atoms with Gasteiger partial charge in [-0.2, -0.15) is 0 Å². The van der Waals surface area contributed by atoms with Gasteiger partial charge in [0.15, 0.2) is 5.82 Å². The van der Waals surface area contributed by atoms with Crippen LogP contribution in [0.3, 0.4) is 0 Å². The number of nitrogens with zero attached hydrogens (tertiary/aromatic N) is 3. The molecule has 1 aromatic rings. The van der Waals surface area contributed by atoms with Gasteiger partial charge in [0.05, 0.1) is 6.54 Å². The van der Waals surface area contributed by atoms with E-state index in [9.17, 15) is 9.59 Å². The SMILES string of the molecule is CCC1C(=O)NC(=O)CN1c1cc(NN)nc(COC)n1. The van der Waals surface area contributed by atoms with Gasteiger partial charge in [0.25, 0.3) is 0 Å². The number of hydrogen-bond donors (Lipinski definition) is 3. The molecule has 1 aliphatic heterocycles. The fraction of sp³-hybridized carbons (Fsp3) is 0.500. The maximum Gasteiger partial charge on any atom is 0.249 e. The Morgan fingerprint density at radius 1 is 1.52 bits per heavy atom. The lowest BCUT2D eigenvalue weighted by atomic mass is 10.1. The van der Waals surface area contributed by atoms with Crippen LogP contribution in [0.15, 0.2) is 6.07 Å². The number of rotatable bonds is 5. The zero-order valence-electron chi connectivity index (χ0n) is 11.9. The summed E-state index contributed by atoms with van der Waals surface area (Å²) in [7, 11) is 1.53. The smallest absolute Gasteiger partial charge is 0.249 e. The lowest BCUT2D eigenvalue weighted by Gasteiger charge is -2.34. The Morgan fingerprint density at radius 2 is 2.29 bits per heavy atom. The lowest BCUT2D eigenvalue weighted by molar-refractivity contribution is -0.132. The molecule has 0 aromatic carbocycles. The summed E-state index contributed by atoms with van der Waals surface area (Å²) in [5, 5.41) is 2.32. The summed E-state index contributed by atoms with van der Waals surface area (Å²) in [6, 6.07) is 1.13. The van der Waals surface area contributed by atoms with Crippen molar-refractivity contribution in [3.63, 3.8) is 0 Å². The first-order valence-corrected chi connectivity index (χ1v) is 6.52. The molecule has 0 bridgehead atoms. The van der Waals surface area contributed by atoms with Crippen molar-refractivity contribution < 1.29 is 14.3 Å². The van der Waals surface area contributed by atoms with E-state index >= 15 is 0 Å². The maximum absolute atomic E-state index is 11.9. The summed E-state index contributed by atoms with van der Waals surface area (Å²) in [6.07, 6.45) is 0.550. The number of nitrogen functional groups attached to an aromatic ring is 1. The third kappa shape index (κ3) is 3.26. The van der Waals surface area contributed by atoms with Gasteiger partial charge in [-0.1, -0.05) is 6.92 Å². The van der Waals surface area contributed by atoms with Crippen molar-refractivity contribution in [2.75, 3.05) is 24.0 Å². The zero-order valence-corrected chi connectivity index (χ0v) is 11.9. The Hall–Kier alpha value is -2.26. The van der Waals surface area contributed by atoms with Crippen LogP contribution >= 0.6 is 0 Å². The molecule has 0 spiro atoms. The van der Waals surface area contributed by atoms with E-state index in [1.807, 2.05) is 6.92 Å². The number of amides is 2. The molecule has 114 valence electrons. The highest BCUT2D eigenvalue weighted by atomic mass is 16.5. The van der Waals surface area contributed by atoms with Gasteiger partial charge >= 0.3 is 0 Å². The van der Waals surface area contributed by atoms with Crippen molar-refractivity contribution in [3.05, 3.63) is 11.9 Å². The van der Waals surface area contributed by atoms with Gasteiger partial charge in [-0.05, 0) is 6.42 Å². The molecule has 1 fully saturated rings. The standard InChI is InChI=1S/C12H18N6O3/c1-3-7-12(20)16-11(19)5-18(7)10-4-8(17-13)14-9(15-10)6-21-2/h4,7H,3,5-6,13H2,1-2H3,(H,14,15,17)(H,16,19,20). The van der Waals surface area contributed by atoms with Crippen molar-refractivity contribution in [1.29, 1.82) is 0 Å². The molecule has 0 radical (unpaired) electrons. The highest BCUT2D eigenvalue weighted by Crippen LogP contribution is 2.21. The van der Waals surface area contributed by atoms with Crippen LogP contribution in [0.5, 0.6) is 0 Å². The minimum Gasteiger partial charge on any atom is -0.377 e. The number of aromatic nitrogens is 2. The Balaban J connectivity index is 2.39. The predicted octanol–water partition coefficient (Wildman–Crippen LogP) is -0.850. The second-order valence-corrected chi connectivity index (χ2v) is 4.57. The van der Waals surface area contributed by atoms with Crippen molar-refractivity contribution >= 4 is 23.5 Å². The van der Waals surface area contributed by atoms with E-state index in [1.54, 1.807) is 11.0 Å². The van der Waals surface area contributed by atoms with Crippen molar-refractivity contribution in [2.45, 2.75) is 26.0 Å². The highest BCUT2D eigenvalue weighted by Gasteiger charge is 2.33. The van der Waals surface area contributed by atoms with Gasteiger partial charge in [-0.3, -0.25) is 14.9 Å². The first-order valence-electron chi connectivity index (χ1n) is 6.52. The second-order valence-electron chi connectivity index (χ2n) is 4.57. The average Bonchev–Trinajstić information content (AvgIpc) is 2.46. The number of methoxy groups -OCH3 is 1. The summed E-state index contributed by atoms with van der Waals surface area (Å²) >= 11 is 0. The second kappa shape index (κ2) is 6.46. The van der Waals surface area contributed by atoms with Crippen LogP contribution in [0.4, 0.5) is 11.6 Å². The maximum atomic E-state index is 11.9. The van der Waals surface area contributed by atoms with Crippen molar-refractivity contribution in [1.82, 2.24) is 15.3 Å². The summed E-state index contributed by atoms with van der Waals surface area (Å²) < 4.78 is 5.01. The molecule has 21 heavy (non-hydrogen) atoms. The van der Waals surface area contributed by atoms with Crippen LogP contribution in [0.25, 0.3) is 0 Å². The molecular weight excluding hydrogens is 276 g/mol. The molecule has 1 aromatic heterocycles. The molecule has 1 atom stereocenters. The Kier molecular flexibility index (Phi) is 4.66. The molecular formula is C12H18N6O3. The molecule has 0 aliphatic carbocycles. The van der Waals surface area contributed by atoms with E-state index in [0.29, 0.717) is 23.9 Å². The molecule has 2 rings (SSSR count). The molecule has 4 N–H and O–H groups in total. The molecule has 2 heterocycles. The van der Waals surface area contributed by atoms with Gasteiger partial charge in [0, 0.05) is 13.2 Å². The molecule has 1 saturated heterocycles. The van der Waals surface area contributed by atoms with Gasteiger partial charge in [0.1, 0.15) is 24.3 Å². The molecule has 9 heteroatoms. The van der Waals surface area contributed by atoms with Crippen LogP contribution in [-0.4, -0.2) is 41.5 Å². The quantitative estimate of drug-likeness (QED) is 0.364. The minimum absolute atomic E-state index is 0.0533. The Morgan fingerprint density at radius 3 is 2.90 bits per heavy atom. The number of nitrogens with one attached hydrogen (secondary N) is 2. The average molecular weight is 294 g/mol. The fourth-order valence-electron chi connectivity index (χ4n) is 2.21. The Bertz CT molecular complexity index is 550. The Labute approximate surface area is 121 Å². The van der Waals surface area contributed by atoms with Crippen molar-refractivity contribution in [2.24, 2.45) is 5.84 Å². The normalized spacial score (nSPS) is 18.6. The number of hydrazine groups is 1. The number of carbonyl (C=O) groups excluding carboxylic acids is 2. The molecule has 1 aliphatic rings. The fourth-order valence-corrected chi connectivity index (χ4v) is 2.21. The number of carbonyl (C=O) groups is 2. The van der Waals surface area contributed by atoms with Crippen LogP contribution in [-0.2, 0) is 20.9 Å². The number of imide groups is 1. The molecule has 0 saturated carbocycles. The monoisotopic (exact) mass is 294 g/mol. The number of hydrogen-bond acceptors (Lipinski definition) is 8. The van der Waals surface area contributed by atoms with E-state index in [1.165, 1.54) is 7.11 Å². The number of ether oxygens (including phenoxy) is 1. The predicted molar refractivity (Wildman–Crippen MR) is 75.1 cm³/mol. The lowest BCUT2D eigenvalue weighted by Crippen LogP contribution is -2.58. The molecule has 9 nitrogen and oxygen atoms in total. The number of anilines is 2. The van der Waals surface area contributed by atoms with E-state index in [0.717, 1.165) is 0 Å². The van der Waals surface area contributed by atoms with Gasteiger partial charge in [-0.15, -0.1) is 0 Å². The summed E-state index contributed by atoms with van der Waals surface area (Å²) in [6.45, 7) is 2.12. The van der Waals surface area contributed by atoms with Crippen LogP contribution in [0.2, 0.25) is 0 Å². The van der Waals surface area contributed by atoms with Crippen LogP contribution < -0.4 is 21.5 Å². The van der Waals surface area contributed by atoms with Gasteiger partial charge < -0.3 is 15.1 Å². The third-order valence-corrected chi connectivity index (χ3v) is 3.12. The number of nitrogens with two attached hydrogens (primary N) is 1. The molecule has 2 amide bonds. The van der Waals surface area contributed by atoms with E-state index in [-0.39, 0.29) is 25.0 Å². The summed E-state index contributed by atoms with van der Waals surface area (Å²) in [4.78, 5) is 33.6. The third-order valence-electron chi connectivity index (χ3n) is 3.12. The molecule has 1 unspecified atom stereocenters. The van der Waals surface area contributed by atoms with E-state index < -0.39 is 6.04 Å². The van der Waals surface area contributed by atoms with Crippen molar-refractivity contribution in [3.8, 4) is 0 Å². The van der Waals surface area contributed by atoms with Gasteiger partial charge in [-0.25, -0.2) is 15.8 Å². The first kappa shape index (κ1) is 15.1. The minimum atomic E-state index is -0.460. The summed E-state index contributed by atoms with van der Waals surface area (Å²) in [5.41, 5.74) is 2.44. The van der Waals surface area contributed by atoms with Gasteiger partial charge in [0.2, 0.25) is 11.8 Å². The first-order chi connectivity index (χ1) is 10.1. The summed E-state index contributed by atoms with van der Waals surface area (Å²) in [5.74, 6) is 5.96. The van der Waals surface area contributed by atoms with E-state index in [2.05, 4.69) is 20.7 Å². The number of piperazine rings is 1. The zero-order chi connectivity index (χ0) is 15.4. The topological polar surface area (TPSA) is 122 Å². The van der Waals surface area contributed by atoms with Crippen LogP contribution in [0.1, 0.15) is 19.2 Å².